The Balaban J connectivity index is 0.00000147. The Labute approximate surface area is 125 Å². The molecule has 0 atom stereocenters. The molecular formula is C15H21ClN2O2. The van der Waals surface area contributed by atoms with Crippen LogP contribution in [0.2, 0.25) is 0 Å². The monoisotopic (exact) mass is 296 g/mol. The molecular weight excluding hydrogens is 276 g/mol. The van der Waals surface area contributed by atoms with Crippen LogP contribution in [0.25, 0.3) is 0 Å². The first-order valence-electron chi connectivity index (χ1n) is 7.10. The first-order valence-corrected chi connectivity index (χ1v) is 7.10. The molecule has 0 aromatic heterocycles. The lowest BCUT2D eigenvalue weighted by atomic mass is 9.97. The number of anilines is 1. The average Bonchev–Trinajstić information content (AvgIpc) is 2.48. The third kappa shape index (κ3) is 3.44. The first-order chi connectivity index (χ1) is 9.33. The second-order valence-corrected chi connectivity index (χ2v) is 5.29. The van der Waals surface area contributed by atoms with E-state index in [9.17, 15) is 4.79 Å². The number of amides is 1. The van der Waals surface area contributed by atoms with E-state index in [0.717, 1.165) is 56.8 Å². The topological polar surface area (TPSA) is 50.4 Å². The van der Waals surface area contributed by atoms with Crippen molar-refractivity contribution in [1.82, 2.24) is 5.32 Å². The molecule has 20 heavy (non-hydrogen) atoms. The molecule has 0 saturated carbocycles. The van der Waals surface area contributed by atoms with E-state index in [1.807, 2.05) is 18.2 Å². The minimum atomic E-state index is 0. The number of ether oxygens (including phenoxy) is 1. The molecule has 5 heteroatoms. The van der Waals surface area contributed by atoms with Crippen molar-refractivity contribution in [2.45, 2.75) is 25.7 Å². The molecule has 0 radical (unpaired) electrons. The Hall–Kier alpha value is -1.26. The van der Waals surface area contributed by atoms with Crippen molar-refractivity contribution in [3.8, 4) is 5.75 Å². The molecule has 110 valence electrons. The van der Waals surface area contributed by atoms with Crippen LogP contribution in [0.15, 0.2) is 18.2 Å². The van der Waals surface area contributed by atoms with E-state index in [1.54, 1.807) is 0 Å². The highest BCUT2D eigenvalue weighted by molar-refractivity contribution is 5.92. The summed E-state index contributed by atoms with van der Waals surface area (Å²) in [6, 6.07) is 5.95. The van der Waals surface area contributed by atoms with Crippen LogP contribution in [0, 0.1) is 5.92 Å². The summed E-state index contributed by atoms with van der Waals surface area (Å²) in [5, 5.41) is 6.32. The lowest BCUT2D eigenvalue weighted by Gasteiger charge is -2.22. The quantitative estimate of drug-likeness (QED) is 0.881. The van der Waals surface area contributed by atoms with Gasteiger partial charge in [-0.2, -0.15) is 0 Å². The van der Waals surface area contributed by atoms with Gasteiger partial charge in [0, 0.05) is 11.6 Å². The number of benzene rings is 1. The van der Waals surface area contributed by atoms with Gasteiger partial charge in [0.15, 0.2) is 0 Å². The summed E-state index contributed by atoms with van der Waals surface area (Å²) in [6.07, 6.45) is 3.95. The van der Waals surface area contributed by atoms with E-state index in [4.69, 9.17) is 4.74 Å². The number of carbonyl (C=O) groups excluding carboxylic acids is 1. The molecule has 1 aromatic rings. The fourth-order valence-corrected chi connectivity index (χ4v) is 2.77. The van der Waals surface area contributed by atoms with Crippen molar-refractivity contribution in [2.24, 2.45) is 5.92 Å². The summed E-state index contributed by atoms with van der Waals surface area (Å²) in [5.74, 6) is 1.26. The molecule has 2 N–H and O–H groups in total. The third-order valence-electron chi connectivity index (χ3n) is 3.89. The number of halogens is 1. The van der Waals surface area contributed by atoms with Crippen LogP contribution >= 0.6 is 12.4 Å². The number of hydrogen-bond acceptors (Lipinski definition) is 3. The first kappa shape index (κ1) is 15.1. The van der Waals surface area contributed by atoms with Gasteiger partial charge in [-0.1, -0.05) is 0 Å². The second-order valence-electron chi connectivity index (χ2n) is 5.29. The molecule has 1 amide bonds. The molecule has 0 bridgehead atoms. The predicted octanol–water partition coefficient (Wildman–Crippen LogP) is 2.37. The average molecular weight is 297 g/mol. The van der Waals surface area contributed by atoms with Crippen LogP contribution in [0.3, 0.4) is 0 Å². The Kier molecular flexibility index (Phi) is 5.26. The summed E-state index contributed by atoms with van der Waals surface area (Å²) in [4.78, 5) is 12.2. The van der Waals surface area contributed by atoms with Crippen LogP contribution in [-0.4, -0.2) is 25.6 Å². The summed E-state index contributed by atoms with van der Waals surface area (Å²) in [7, 11) is 0. The van der Waals surface area contributed by atoms with Gasteiger partial charge < -0.3 is 15.4 Å². The van der Waals surface area contributed by atoms with Gasteiger partial charge in [0.05, 0.1) is 6.61 Å². The summed E-state index contributed by atoms with van der Waals surface area (Å²) in [6.45, 7) is 2.68. The maximum absolute atomic E-state index is 12.2. The molecule has 0 aliphatic carbocycles. The molecule has 0 unspecified atom stereocenters. The van der Waals surface area contributed by atoms with Crippen molar-refractivity contribution in [1.29, 1.82) is 0 Å². The molecule has 2 aliphatic rings. The Morgan fingerprint density at radius 2 is 2.10 bits per heavy atom. The van der Waals surface area contributed by atoms with E-state index in [2.05, 4.69) is 10.6 Å². The zero-order valence-corrected chi connectivity index (χ0v) is 12.3. The van der Waals surface area contributed by atoms with Crippen molar-refractivity contribution in [3.63, 3.8) is 0 Å². The molecule has 1 saturated heterocycles. The van der Waals surface area contributed by atoms with Gasteiger partial charge >= 0.3 is 0 Å². The molecule has 2 heterocycles. The van der Waals surface area contributed by atoms with Crippen LogP contribution in [0.1, 0.15) is 24.8 Å². The number of rotatable bonds is 2. The number of nitrogens with one attached hydrogen (secondary N) is 2. The summed E-state index contributed by atoms with van der Waals surface area (Å²) in [5.41, 5.74) is 2.10. The smallest absolute Gasteiger partial charge is 0.227 e. The van der Waals surface area contributed by atoms with Gasteiger partial charge in [-0.15, -0.1) is 12.4 Å². The minimum absolute atomic E-state index is 0. The number of carbonyl (C=O) groups is 1. The molecule has 1 aromatic carbocycles. The highest BCUT2D eigenvalue weighted by atomic mass is 35.5. The zero-order valence-electron chi connectivity index (χ0n) is 11.5. The third-order valence-corrected chi connectivity index (χ3v) is 3.89. The Morgan fingerprint density at radius 1 is 1.30 bits per heavy atom. The molecule has 2 aliphatic heterocycles. The number of piperidine rings is 1. The van der Waals surface area contributed by atoms with E-state index >= 15 is 0 Å². The lowest BCUT2D eigenvalue weighted by Crippen LogP contribution is -2.34. The largest absolute Gasteiger partial charge is 0.493 e. The van der Waals surface area contributed by atoms with Crippen LogP contribution in [-0.2, 0) is 11.2 Å². The standard InChI is InChI=1S/C15H20N2O2.ClH/c18-15(11-5-7-16-8-6-11)17-13-3-4-14-12(10-13)2-1-9-19-14;/h3-4,10-11,16H,1-2,5-9H2,(H,17,18);1H. The highest BCUT2D eigenvalue weighted by Crippen LogP contribution is 2.28. The van der Waals surface area contributed by atoms with E-state index in [0.29, 0.717) is 0 Å². The number of aryl methyl sites for hydroxylation is 1. The maximum atomic E-state index is 12.2. The van der Waals surface area contributed by atoms with E-state index in [-0.39, 0.29) is 24.2 Å². The van der Waals surface area contributed by atoms with Crippen LogP contribution < -0.4 is 15.4 Å². The van der Waals surface area contributed by atoms with Crippen LogP contribution in [0.4, 0.5) is 5.69 Å². The number of fused-ring (bicyclic) bond motifs is 1. The van der Waals surface area contributed by atoms with Crippen molar-refractivity contribution >= 4 is 24.0 Å². The van der Waals surface area contributed by atoms with Crippen molar-refractivity contribution in [3.05, 3.63) is 23.8 Å². The van der Waals surface area contributed by atoms with Gasteiger partial charge in [-0.25, -0.2) is 0 Å². The van der Waals surface area contributed by atoms with Gasteiger partial charge in [0.1, 0.15) is 5.75 Å². The fourth-order valence-electron chi connectivity index (χ4n) is 2.77. The molecule has 3 rings (SSSR count). The zero-order chi connectivity index (χ0) is 13.1. The van der Waals surface area contributed by atoms with Gasteiger partial charge in [0.25, 0.3) is 0 Å². The Morgan fingerprint density at radius 3 is 2.90 bits per heavy atom. The molecule has 0 spiro atoms. The highest BCUT2D eigenvalue weighted by Gasteiger charge is 2.21. The van der Waals surface area contributed by atoms with E-state index < -0.39 is 0 Å². The SMILES string of the molecule is Cl.O=C(Nc1ccc2c(c1)CCCO2)C1CCNCC1. The van der Waals surface area contributed by atoms with Crippen LogP contribution in [0.5, 0.6) is 5.75 Å². The lowest BCUT2D eigenvalue weighted by molar-refractivity contribution is -0.120. The van der Waals surface area contributed by atoms with Crippen molar-refractivity contribution < 1.29 is 9.53 Å². The van der Waals surface area contributed by atoms with Gasteiger partial charge in [-0.3, -0.25) is 4.79 Å². The summed E-state index contributed by atoms with van der Waals surface area (Å²) >= 11 is 0. The van der Waals surface area contributed by atoms with E-state index in [1.165, 1.54) is 5.56 Å². The second kappa shape index (κ2) is 6.95. The normalized spacial score (nSPS) is 18.4. The van der Waals surface area contributed by atoms with Gasteiger partial charge in [-0.05, 0) is 62.5 Å². The fraction of sp³-hybridized carbons (Fsp3) is 0.533. The number of hydrogen-bond donors (Lipinski definition) is 2. The van der Waals surface area contributed by atoms with Crippen molar-refractivity contribution in [2.75, 3.05) is 25.0 Å². The Bertz CT molecular complexity index is 473. The minimum Gasteiger partial charge on any atom is -0.493 e. The predicted molar refractivity (Wildman–Crippen MR) is 81.7 cm³/mol. The maximum Gasteiger partial charge on any atom is 0.227 e. The van der Waals surface area contributed by atoms with Gasteiger partial charge in [0.2, 0.25) is 5.91 Å². The molecule has 1 fully saturated rings. The summed E-state index contributed by atoms with van der Waals surface area (Å²) < 4.78 is 5.58. The molecule has 4 nitrogen and oxygen atoms in total.